The molecule has 0 radical (unpaired) electrons. The Morgan fingerprint density at radius 1 is 0.914 bits per heavy atom. The van der Waals surface area contributed by atoms with Crippen molar-refractivity contribution in [1.29, 1.82) is 0 Å². The predicted molar refractivity (Wildman–Crippen MR) is 134 cm³/mol. The molecular weight excluding hydrogens is 442 g/mol. The molecule has 4 rings (SSSR count). The van der Waals surface area contributed by atoms with Crippen LogP contribution in [0.3, 0.4) is 0 Å². The lowest BCUT2D eigenvalue weighted by molar-refractivity contribution is -0.124. The molecule has 1 heterocycles. The zero-order valence-electron chi connectivity index (χ0n) is 19.0. The van der Waals surface area contributed by atoms with Crippen LogP contribution >= 0.6 is 0 Å². The highest BCUT2D eigenvalue weighted by atomic mass is 16.5. The molecule has 0 fully saturated rings. The van der Waals surface area contributed by atoms with E-state index in [4.69, 9.17) is 9.94 Å². The number of benzene rings is 3. The van der Waals surface area contributed by atoms with Gasteiger partial charge in [-0.15, -0.1) is 0 Å². The number of amides is 2. The Morgan fingerprint density at radius 3 is 2.51 bits per heavy atom. The van der Waals surface area contributed by atoms with Gasteiger partial charge in [0.25, 0.3) is 11.8 Å². The Morgan fingerprint density at radius 2 is 1.69 bits per heavy atom. The molecule has 0 atom stereocenters. The highest BCUT2D eigenvalue weighted by molar-refractivity contribution is 5.97. The minimum atomic E-state index is -0.618. The molecule has 4 aromatic rings. The van der Waals surface area contributed by atoms with Gasteiger partial charge in [0.15, 0.2) is 0 Å². The smallest absolute Gasteiger partial charge is 0.270 e. The molecule has 1 aromatic heterocycles. The van der Waals surface area contributed by atoms with Crippen molar-refractivity contribution in [2.45, 2.75) is 13.0 Å². The number of nitrogens with zero attached hydrogens (tertiary/aromatic N) is 1. The SMILES string of the molecule is O=C(/C=C/c1cccc(CNC(=O)c2cc(OCCc3ccccc3)c3ccccc3n2)c1)NO. The molecule has 7 heteroatoms. The highest BCUT2D eigenvalue weighted by Crippen LogP contribution is 2.25. The molecule has 0 spiro atoms. The van der Waals surface area contributed by atoms with Gasteiger partial charge in [0.05, 0.1) is 12.1 Å². The summed E-state index contributed by atoms with van der Waals surface area (Å²) in [6.45, 7) is 0.763. The summed E-state index contributed by atoms with van der Waals surface area (Å²) < 4.78 is 6.07. The topological polar surface area (TPSA) is 101 Å². The van der Waals surface area contributed by atoms with Gasteiger partial charge in [0, 0.05) is 30.5 Å². The Labute approximate surface area is 203 Å². The summed E-state index contributed by atoms with van der Waals surface area (Å²) in [5, 5.41) is 12.3. The maximum absolute atomic E-state index is 12.9. The Hall–Kier alpha value is -4.49. The molecule has 0 aliphatic rings. The first-order valence-corrected chi connectivity index (χ1v) is 11.2. The van der Waals surface area contributed by atoms with Gasteiger partial charge in [-0.1, -0.05) is 60.7 Å². The molecule has 0 bridgehead atoms. The molecule has 176 valence electrons. The predicted octanol–water partition coefficient (Wildman–Crippen LogP) is 4.30. The Balaban J connectivity index is 1.46. The summed E-state index contributed by atoms with van der Waals surface area (Å²) in [6, 6.07) is 26.7. The van der Waals surface area contributed by atoms with Crippen LogP contribution in [-0.4, -0.2) is 28.6 Å². The van der Waals surface area contributed by atoms with E-state index in [1.807, 2.05) is 66.7 Å². The van der Waals surface area contributed by atoms with Crippen LogP contribution in [0.1, 0.15) is 27.2 Å². The van der Waals surface area contributed by atoms with E-state index in [2.05, 4.69) is 22.4 Å². The fourth-order valence-corrected chi connectivity index (χ4v) is 3.59. The molecule has 3 aromatic carbocycles. The fraction of sp³-hybridized carbons (Fsp3) is 0.107. The number of hydrogen-bond donors (Lipinski definition) is 3. The van der Waals surface area contributed by atoms with E-state index in [9.17, 15) is 9.59 Å². The van der Waals surface area contributed by atoms with E-state index in [1.165, 1.54) is 11.6 Å². The monoisotopic (exact) mass is 467 g/mol. The summed E-state index contributed by atoms with van der Waals surface area (Å²) in [7, 11) is 0. The number of carbonyl (C=O) groups is 2. The number of aromatic nitrogens is 1. The Bertz CT molecular complexity index is 1350. The number of hydrogen-bond acceptors (Lipinski definition) is 5. The van der Waals surface area contributed by atoms with Crippen molar-refractivity contribution < 1.29 is 19.5 Å². The molecular formula is C28H25N3O4. The van der Waals surface area contributed by atoms with Gasteiger partial charge < -0.3 is 10.1 Å². The second-order valence-corrected chi connectivity index (χ2v) is 7.84. The normalized spacial score (nSPS) is 10.9. The Kier molecular flexibility index (Phi) is 7.83. The minimum Gasteiger partial charge on any atom is -0.492 e. The van der Waals surface area contributed by atoms with E-state index in [-0.39, 0.29) is 18.1 Å². The molecule has 0 aliphatic carbocycles. The molecule has 0 unspecified atom stereocenters. The third kappa shape index (κ3) is 6.52. The molecule has 7 nitrogen and oxygen atoms in total. The van der Waals surface area contributed by atoms with E-state index < -0.39 is 5.91 Å². The van der Waals surface area contributed by atoms with Crippen LogP contribution in [0, 0.1) is 0 Å². The van der Waals surface area contributed by atoms with Crippen molar-refractivity contribution >= 4 is 28.8 Å². The second-order valence-electron chi connectivity index (χ2n) is 7.84. The lowest BCUT2D eigenvalue weighted by Gasteiger charge is -2.12. The number of fused-ring (bicyclic) bond motifs is 1. The second kappa shape index (κ2) is 11.6. The lowest BCUT2D eigenvalue weighted by atomic mass is 10.1. The standard InChI is InChI=1S/C28H25N3O4/c32-27(31-34)14-13-21-9-6-10-22(17-21)19-29-28(33)25-18-26(23-11-4-5-12-24(23)30-25)35-16-15-20-7-2-1-3-8-20/h1-14,17-18,34H,15-16,19H2,(H,29,33)(H,31,32)/b14-13+. The zero-order chi connectivity index (χ0) is 24.5. The summed E-state index contributed by atoms with van der Waals surface area (Å²) in [6.07, 6.45) is 3.54. The third-order valence-electron chi connectivity index (χ3n) is 5.34. The van der Waals surface area contributed by atoms with Crippen molar-refractivity contribution in [3.8, 4) is 5.75 Å². The first-order valence-electron chi connectivity index (χ1n) is 11.2. The van der Waals surface area contributed by atoms with Crippen molar-refractivity contribution in [1.82, 2.24) is 15.8 Å². The highest BCUT2D eigenvalue weighted by Gasteiger charge is 2.13. The average Bonchev–Trinajstić information content (AvgIpc) is 2.91. The van der Waals surface area contributed by atoms with Crippen LogP contribution in [0.4, 0.5) is 0 Å². The van der Waals surface area contributed by atoms with E-state index in [0.29, 0.717) is 17.9 Å². The number of hydroxylamine groups is 1. The van der Waals surface area contributed by atoms with Crippen molar-refractivity contribution in [2.24, 2.45) is 0 Å². The minimum absolute atomic E-state index is 0.272. The molecule has 0 aliphatic heterocycles. The molecule has 35 heavy (non-hydrogen) atoms. The molecule has 0 saturated carbocycles. The number of ether oxygens (including phenoxy) is 1. The number of para-hydroxylation sites is 1. The molecule has 0 saturated heterocycles. The van der Waals surface area contributed by atoms with Gasteiger partial charge >= 0.3 is 0 Å². The van der Waals surface area contributed by atoms with Crippen LogP contribution in [0.2, 0.25) is 0 Å². The van der Waals surface area contributed by atoms with Crippen LogP contribution < -0.4 is 15.5 Å². The van der Waals surface area contributed by atoms with E-state index in [1.54, 1.807) is 17.6 Å². The summed E-state index contributed by atoms with van der Waals surface area (Å²) >= 11 is 0. The number of pyridine rings is 1. The summed E-state index contributed by atoms with van der Waals surface area (Å²) in [4.78, 5) is 28.6. The van der Waals surface area contributed by atoms with Crippen molar-refractivity contribution in [2.75, 3.05) is 6.61 Å². The van der Waals surface area contributed by atoms with Crippen LogP contribution in [0.5, 0.6) is 5.75 Å². The largest absolute Gasteiger partial charge is 0.492 e. The molecule has 3 N–H and O–H groups in total. The van der Waals surface area contributed by atoms with Gasteiger partial charge in [-0.2, -0.15) is 0 Å². The fourth-order valence-electron chi connectivity index (χ4n) is 3.59. The van der Waals surface area contributed by atoms with Gasteiger partial charge in [-0.3, -0.25) is 14.8 Å². The zero-order valence-corrected chi connectivity index (χ0v) is 19.0. The lowest BCUT2D eigenvalue weighted by Crippen LogP contribution is -2.24. The van der Waals surface area contributed by atoms with Gasteiger partial charge in [0.1, 0.15) is 11.4 Å². The van der Waals surface area contributed by atoms with Crippen molar-refractivity contribution in [3.05, 3.63) is 113 Å². The van der Waals surface area contributed by atoms with E-state index in [0.717, 1.165) is 22.9 Å². The van der Waals surface area contributed by atoms with E-state index >= 15 is 0 Å². The van der Waals surface area contributed by atoms with Crippen LogP contribution in [-0.2, 0) is 17.8 Å². The van der Waals surface area contributed by atoms with Crippen LogP contribution in [0.25, 0.3) is 17.0 Å². The summed E-state index contributed by atoms with van der Waals surface area (Å²) in [5.74, 6) is -0.317. The summed E-state index contributed by atoms with van der Waals surface area (Å²) in [5.41, 5.74) is 5.30. The number of carbonyl (C=O) groups excluding carboxylic acids is 2. The first kappa shape index (κ1) is 23.7. The van der Waals surface area contributed by atoms with Gasteiger partial charge in [-0.05, 0) is 41.0 Å². The maximum atomic E-state index is 12.9. The molecule has 2 amide bonds. The third-order valence-corrected chi connectivity index (χ3v) is 5.34. The maximum Gasteiger partial charge on any atom is 0.270 e. The average molecular weight is 468 g/mol. The number of nitrogens with one attached hydrogen (secondary N) is 2. The van der Waals surface area contributed by atoms with Gasteiger partial charge in [0.2, 0.25) is 0 Å². The first-order chi connectivity index (χ1) is 17.1. The van der Waals surface area contributed by atoms with Crippen molar-refractivity contribution in [3.63, 3.8) is 0 Å². The number of rotatable bonds is 9. The quantitative estimate of drug-likeness (QED) is 0.194. The van der Waals surface area contributed by atoms with Gasteiger partial charge in [-0.25, -0.2) is 10.5 Å². The van der Waals surface area contributed by atoms with Crippen LogP contribution in [0.15, 0.2) is 91.0 Å².